The number of benzene rings is 1. The summed E-state index contributed by atoms with van der Waals surface area (Å²) in [5.41, 5.74) is 0.968. The van der Waals surface area contributed by atoms with E-state index in [4.69, 9.17) is 20.5 Å². The lowest BCUT2D eigenvalue weighted by Gasteiger charge is -2.11. The fourth-order valence-electron chi connectivity index (χ4n) is 2.73. The van der Waals surface area contributed by atoms with E-state index in [0.717, 1.165) is 24.2 Å². The number of amides is 1. The van der Waals surface area contributed by atoms with Crippen LogP contribution in [0.3, 0.4) is 0 Å². The molecule has 1 fully saturated rings. The summed E-state index contributed by atoms with van der Waals surface area (Å²) in [5.74, 6) is 1.31. The highest BCUT2D eigenvalue weighted by molar-refractivity contribution is 6.30. The van der Waals surface area contributed by atoms with E-state index in [-0.39, 0.29) is 5.91 Å². The molecule has 0 radical (unpaired) electrons. The minimum absolute atomic E-state index is 0.0464. The Morgan fingerprint density at radius 1 is 1.25 bits per heavy atom. The average Bonchev–Trinajstić information content (AvgIpc) is 3.01. The van der Waals surface area contributed by atoms with Gasteiger partial charge in [-0.05, 0) is 49.2 Å². The summed E-state index contributed by atoms with van der Waals surface area (Å²) in [6.45, 7) is 0.371. The SMILES string of the molecule is O=C(NCc1ccco1)C1(c2cc(-c3ccc(Cl)cc3)on2)CC1. The molecule has 0 unspecified atom stereocenters. The van der Waals surface area contributed by atoms with Gasteiger partial charge in [0.2, 0.25) is 5.91 Å². The molecule has 2 heterocycles. The number of rotatable bonds is 5. The van der Waals surface area contributed by atoms with E-state index in [1.165, 1.54) is 0 Å². The summed E-state index contributed by atoms with van der Waals surface area (Å²) in [7, 11) is 0. The van der Waals surface area contributed by atoms with E-state index < -0.39 is 5.41 Å². The van der Waals surface area contributed by atoms with Crippen LogP contribution in [-0.2, 0) is 16.8 Å². The van der Waals surface area contributed by atoms with Gasteiger partial charge in [-0.2, -0.15) is 0 Å². The van der Waals surface area contributed by atoms with E-state index in [0.29, 0.717) is 23.0 Å². The van der Waals surface area contributed by atoms with Crippen LogP contribution in [-0.4, -0.2) is 11.1 Å². The van der Waals surface area contributed by atoms with Gasteiger partial charge in [-0.3, -0.25) is 4.79 Å². The van der Waals surface area contributed by atoms with Crippen LogP contribution in [0.5, 0.6) is 0 Å². The second-order valence-electron chi connectivity index (χ2n) is 5.93. The minimum Gasteiger partial charge on any atom is -0.467 e. The molecule has 1 saturated carbocycles. The molecule has 0 aliphatic heterocycles. The summed E-state index contributed by atoms with van der Waals surface area (Å²) in [6.07, 6.45) is 3.12. The number of hydrogen-bond acceptors (Lipinski definition) is 4. The predicted octanol–water partition coefficient (Wildman–Crippen LogP) is 3.94. The maximum atomic E-state index is 12.6. The zero-order chi connectivity index (χ0) is 16.6. The van der Waals surface area contributed by atoms with Crippen LogP contribution in [0.15, 0.2) is 57.7 Å². The molecule has 0 saturated heterocycles. The standard InChI is InChI=1S/C18H15ClN2O3/c19-13-5-3-12(4-6-13)15-10-16(21-24-15)18(7-8-18)17(22)20-11-14-2-1-9-23-14/h1-6,9-10H,7-8,11H2,(H,20,22). The normalized spacial score (nSPS) is 15.2. The zero-order valence-corrected chi connectivity index (χ0v) is 13.5. The van der Waals surface area contributed by atoms with Crippen molar-refractivity contribution in [3.63, 3.8) is 0 Å². The number of hydrogen-bond donors (Lipinski definition) is 1. The van der Waals surface area contributed by atoms with Crippen molar-refractivity contribution in [2.45, 2.75) is 24.8 Å². The molecule has 122 valence electrons. The van der Waals surface area contributed by atoms with Crippen molar-refractivity contribution in [2.75, 3.05) is 0 Å². The van der Waals surface area contributed by atoms with Crippen LogP contribution >= 0.6 is 11.6 Å². The molecule has 5 nitrogen and oxygen atoms in total. The maximum Gasteiger partial charge on any atom is 0.232 e. The Balaban J connectivity index is 1.50. The Morgan fingerprint density at radius 3 is 2.71 bits per heavy atom. The van der Waals surface area contributed by atoms with Crippen molar-refractivity contribution >= 4 is 17.5 Å². The molecular weight excluding hydrogens is 328 g/mol. The first-order valence-electron chi connectivity index (χ1n) is 7.71. The molecule has 1 amide bonds. The predicted molar refractivity (Wildman–Crippen MR) is 88.4 cm³/mol. The Hall–Kier alpha value is -2.53. The molecule has 6 heteroatoms. The van der Waals surface area contributed by atoms with Crippen LogP contribution in [0.2, 0.25) is 5.02 Å². The smallest absolute Gasteiger partial charge is 0.232 e. The topological polar surface area (TPSA) is 68.3 Å². The average molecular weight is 343 g/mol. The number of nitrogens with zero attached hydrogens (tertiary/aromatic N) is 1. The molecule has 1 aliphatic carbocycles. The number of aromatic nitrogens is 1. The lowest BCUT2D eigenvalue weighted by atomic mass is 10.0. The van der Waals surface area contributed by atoms with Gasteiger partial charge in [0.1, 0.15) is 5.76 Å². The fourth-order valence-corrected chi connectivity index (χ4v) is 2.85. The monoisotopic (exact) mass is 342 g/mol. The molecule has 0 spiro atoms. The van der Waals surface area contributed by atoms with Gasteiger partial charge < -0.3 is 14.3 Å². The Morgan fingerprint density at radius 2 is 2.04 bits per heavy atom. The molecule has 1 aliphatic rings. The molecule has 24 heavy (non-hydrogen) atoms. The third-order valence-electron chi connectivity index (χ3n) is 4.32. The Bertz CT molecular complexity index is 849. The third kappa shape index (κ3) is 2.71. The summed E-state index contributed by atoms with van der Waals surface area (Å²) < 4.78 is 10.7. The minimum atomic E-state index is -0.583. The highest BCUT2D eigenvalue weighted by Crippen LogP contribution is 2.48. The van der Waals surface area contributed by atoms with E-state index in [1.54, 1.807) is 24.5 Å². The van der Waals surface area contributed by atoms with Crippen LogP contribution in [0, 0.1) is 0 Å². The largest absolute Gasteiger partial charge is 0.467 e. The van der Waals surface area contributed by atoms with E-state index in [1.807, 2.05) is 24.3 Å². The van der Waals surface area contributed by atoms with Crippen LogP contribution in [0.1, 0.15) is 24.3 Å². The van der Waals surface area contributed by atoms with Crippen molar-refractivity contribution in [2.24, 2.45) is 0 Å². The second kappa shape index (κ2) is 5.83. The Labute approximate surface area is 143 Å². The third-order valence-corrected chi connectivity index (χ3v) is 4.57. The van der Waals surface area contributed by atoms with Gasteiger partial charge in [-0.25, -0.2) is 0 Å². The summed E-state index contributed by atoms with van der Waals surface area (Å²) in [6, 6.07) is 12.8. The first-order chi connectivity index (χ1) is 11.7. The van der Waals surface area contributed by atoms with Crippen molar-refractivity contribution in [1.82, 2.24) is 10.5 Å². The highest BCUT2D eigenvalue weighted by atomic mass is 35.5. The molecular formula is C18H15ClN2O3. The van der Waals surface area contributed by atoms with Gasteiger partial charge in [0, 0.05) is 16.7 Å². The van der Waals surface area contributed by atoms with Crippen molar-refractivity contribution in [3.05, 3.63) is 65.2 Å². The first kappa shape index (κ1) is 15.0. The lowest BCUT2D eigenvalue weighted by molar-refractivity contribution is -0.124. The van der Waals surface area contributed by atoms with Crippen molar-refractivity contribution < 1.29 is 13.7 Å². The van der Waals surface area contributed by atoms with Crippen molar-refractivity contribution in [3.8, 4) is 11.3 Å². The molecule has 1 N–H and O–H groups in total. The fraction of sp³-hybridized carbons (Fsp3) is 0.222. The molecule has 0 atom stereocenters. The van der Waals surface area contributed by atoms with Gasteiger partial charge in [0.05, 0.1) is 23.9 Å². The number of carbonyl (C=O) groups is 1. The summed E-state index contributed by atoms with van der Waals surface area (Å²) >= 11 is 5.90. The highest BCUT2D eigenvalue weighted by Gasteiger charge is 2.53. The summed E-state index contributed by atoms with van der Waals surface area (Å²) in [5, 5.41) is 7.70. The molecule has 3 aromatic rings. The van der Waals surface area contributed by atoms with Crippen molar-refractivity contribution in [1.29, 1.82) is 0 Å². The van der Waals surface area contributed by atoms with Crippen LogP contribution < -0.4 is 5.32 Å². The van der Waals surface area contributed by atoms with E-state index >= 15 is 0 Å². The van der Waals surface area contributed by atoms with E-state index in [9.17, 15) is 4.79 Å². The maximum absolute atomic E-state index is 12.6. The molecule has 4 rings (SSSR count). The Kier molecular flexibility index (Phi) is 3.65. The number of halogens is 1. The van der Waals surface area contributed by atoms with Gasteiger partial charge in [0.15, 0.2) is 5.76 Å². The lowest BCUT2D eigenvalue weighted by Crippen LogP contribution is -2.34. The number of nitrogens with one attached hydrogen (secondary N) is 1. The van der Waals surface area contributed by atoms with Gasteiger partial charge in [-0.1, -0.05) is 16.8 Å². The van der Waals surface area contributed by atoms with Gasteiger partial charge in [0.25, 0.3) is 0 Å². The number of furan rings is 1. The van der Waals surface area contributed by atoms with E-state index in [2.05, 4.69) is 10.5 Å². The molecule has 2 aromatic heterocycles. The van der Waals surface area contributed by atoms with Gasteiger partial charge in [-0.15, -0.1) is 0 Å². The summed E-state index contributed by atoms with van der Waals surface area (Å²) in [4.78, 5) is 12.6. The van der Waals surface area contributed by atoms with Gasteiger partial charge >= 0.3 is 0 Å². The molecule has 0 bridgehead atoms. The second-order valence-corrected chi connectivity index (χ2v) is 6.36. The first-order valence-corrected chi connectivity index (χ1v) is 8.09. The van der Waals surface area contributed by atoms with Crippen LogP contribution in [0.25, 0.3) is 11.3 Å². The quantitative estimate of drug-likeness (QED) is 0.762. The number of carbonyl (C=O) groups excluding carboxylic acids is 1. The zero-order valence-electron chi connectivity index (χ0n) is 12.8. The molecule has 1 aromatic carbocycles. The van der Waals surface area contributed by atoms with Crippen LogP contribution in [0.4, 0.5) is 0 Å².